The lowest BCUT2D eigenvalue weighted by atomic mass is 9.85. The zero-order chi connectivity index (χ0) is 41.3. The number of carbonyl (C=O) groups excluding carboxylic acids is 2. The van der Waals surface area contributed by atoms with Gasteiger partial charge in [-0.05, 0) is 62.6 Å². The summed E-state index contributed by atoms with van der Waals surface area (Å²) in [6.07, 6.45) is -3.89. The lowest BCUT2D eigenvalue weighted by Gasteiger charge is -2.39. The second kappa shape index (κ2) is 14.7. The first kappa shape index (κ1) is 39.3. The van der Waals surface area contributed by atoms with E-state index in [9.17, 15) is 32.7 Å². The van der Waals surface area contributed by atoms with Crippen molar-refractivity contribution in [2.45, 2.75) is 63.8 Å². The number of hydrogen-bond donors (Lipinski definition) is 2. The number of methoxy groups -OCH3 is 1. The third-order valence-electron chi connectivity index (χ3n) is 10.9. The van der Waals surface area contributed by atoms with Crippen LogP contribution in [-0.2, 0) is 39.1 Å². The lowest BCUT2D eigenvalue weighted by molar-refractivity contribution is -0.137. The van der Waals surface area contributed by atoms with Gasteiger partial charge in [-0.15, -0.1) is 5.10 Å². The third kappa shape index (κ3) is 6.94. The number of amides is 2. The van der Waals surface area contributed by atoms with E-state index in [1.807, 2.05) is 0 Å². The fourth-order valence-corrected chi connectivity index (χ4v) is 8.11. The zero-order valence-electron chi connectivity index (χ0n) is 31.3. The van der Waals surface area contributed by atoms with Crippen LogP contribution in [0.25, 0.3) is 17.2 Å². The highest BCUT2D eigenvalue weighted by Gasteiger charge is 2.51. The van der Waals surface area contributed by atoms with Gasteiger partial charge in [0.1, 0.15) is 24.3 Å². The number of halogens is 5. The molecule has 304 valence electrons. The first-order valence-electron chi connectivity index (χ1n) is 18.3. The lowest BCUT2D eigenvalue weighted by Crippen LogP contribution is -2.50. The quantitative estimate of drug-likeness (QED) is 0.205. The number of alkyl halides is 3. The van der Waals surface area contributed by atoms with Gasteiger partial charge in [-0.1, -0.05) is 17.7 Å². The Balaban J connectivity index is 1.16. The van der Waals surface area contributed by atoms with Crippen LogP contribution in [-0.4, -0.2) is 95.2 Å². The van der Waals surface area contributed by atoms with Gasteiger partial charge in [-0.3, -0.25) is 19.3 Å². The first-order chi connectivity index (χ1) is 27.6. The summed E-state index contributed by atoms with van der Waals surface area (Å²) >= 11 is 6.15. The largest absolute Gasteiger partial charge is 0.504 e. The Morgan fingerprint density at radius 1 is 1.12 bits per heavy atom. The van der Waals surface area contributed by atoms with Crippen LogP contribution in [0.5, 0.6) is 5.75 Å². The monoisotopic (exact) mass is 825 g/mol. The number of benzene rings is 2. The Hall–Kier alpha value is -5.50. The summed E-state index contributed by atoms with van der Waals surface area (Å²) in [6, 6.07) is 7.14. The van der Waals surface area contributed by atoms with E-state index in [0.29, 0.717) is 31.3 Å². The zero-order valence-corrected chi connectivity index (χ0v) is 32.1. The van der Waals surface area contributed by atoms with Crippen molar-refractivity contribution < 1.29 is 41.7 Å². The maximum absolute atomic E-state index is 15.8. The summed E-state index contributed by atoms with van der Waals surface area (Å²) in [7, 11) is 1.64. The molecule has 0 radical (unpaired) electrons. The van der Waals surface area contributed by atoms with Gasteiger partial charge in [0.25, 0.3) is 11.5 Å². The Bertz CT molecular complexity index is 2530. The number of anilines is 1. The van der Waals surface area contributed by atoms with Gasteiger partial charge < -0.3 is 29.4 Å². The van der Waals surface area contributed by atoms with Gasteiger partial charge in [0.05, 0.1) is 51.0 Å². The molecule has 58 heavy (non-hydrogen) atoms. The predicted octanol–water partition coefficient (Wildman–Crippen LogP) is 4.87. The molecule has 0 aliphatic carbocycles. The minimum absolute atomic E-state index is 0.00645. The van der Waals surface area contributed by atoms with Gasteiger partial charge in [0.2, 0.25) is 11.7 Å². The van der Waals surface area contributed by atoms with Crippen molar-refractivity contribution in [1.29, 1.82) is 0 Å². The molecule has 3 aromatic heterocycles. The molecule has 2 saturated heterocycles. The van der Waals surface area contributed by atoms with E-state index in [1.54, 1.807) is 27.0 Å². The van der Waals surface area contributed by atoms with Gasteiger partial charge in [0, 0.05) is 39.8 Å². The summed E-state index contributed by atoms with van der Waals surface area (Å²) in [4.78, 5) is 57.7. The smallest absolute Gasteiger partial charge is 0.416 e. The molecule has 3 aliphatic rings. The van der Waals surface area contributed by atoms with E-state index in [2.05, 4.69) is 30.3 Å². The highest BCUT2D eigenvalue weighted by atomic mass is 35.5. The Kier molecular flexibility index (Phi) is 9.97. The number of aryl methyl sites for hydroxylation is 1. The maximum atomic E-state index is 15.8. The van der Waals surface area contributed by atoms with Crippen LogP contribution < -0.4 is 10.9 Å². The number of carbonyl (C=O) groups is 2. The normalized spacial score (nSPS) is 18.1. The molecule has 8 rings (SSSR count). The molecule has 6 heterocycles. The van der Waals surface area contributed by atoms with Crippen LogP contribution >= 0.6 is 11.6 Å². The van der Waals surface area contributed by atoms with E-state index in [1.165, 1.54) is 27.9 Å². The summed E-state index contributed by atoms with van der Waals surface area (Å²) < 4.78 is 70.0. The fraction of sp³-hybridized carbons (Fsp3) is 0.395. The number of rotatable bonds is 8. The van der Waals surface area contributed by atoms with Gasteiger partial charge in [-0.25, -0.2) is 14.4 Å². The maximum Gasteiger partial charge on any atom is 0.416 e. The van der Waals surface area contributed by atoms with Crippen LogP contribution in [0.4, 0.5) is 23.2 Å². The van der Waals surface area contributed by atoms with E-state index < -0.39 is 53.2 Å². The second-order valence-electron chi connectivity index (χ2n) is 14.6. The van der Waals surface area contributed by atoms with Crippen LogP contribution in [0.15, 0.2) is 47.5 Å². The highest BCUT2D eigenvalue weighted by molar-refractivity contribution is 6.33. The van der Waals surface area contributed by atoms with Crippen molar-refractivity contribution in [3.05, 3.63) is 97.7 Å². The summed E-state index contributed by atoms with van der Waals surface area (Å²) in [6.45, 7) is 4.82. The van der Waals surface area contributed by atoms with Crippen molar-refractivity contribution in [3.8, 4) is 17.1 Å². The number of aromatic hydroxyl groups is 1. The highest BCUT2D eigenvalue weighted by Crippen LogP contribution is 2.48. The Morgan fingerprint density at radius 2 is 1.86 bits per heavy atom. The number of ether oxygens (including phenoxy) is 2. The molecule has 20 heteroatoms. The molecule has 2 aromatic carbocycles. The average Bonchev–Trinajstić information content (AvgIpc) is 3.72. The Labute approximate surface area is 332 Å². The standard InChI is InChI=1S/C38H36ClF4N9O6/c1-19-32(54)30(45-18-44-19)35(56)50-10-8-37(9-11-50)29-31(20(2)58-37)51(17-28(53)46-27-7-5-22(13-25(27)39)38(41,42)43)36-47-33(48-52(36)34(29)55)24-6-4-21(12-26(24)40)14-49-15-23(16-49)57-3/h4-7,12-13,18,20,23,54H,8-11,14-17H2,1-3H3,(H,46,53). The molecule has 15 nitrogen and oxygen atoms in total. The van der Waals surface area contributed by atoms with E-state index in [4.69, 9.17) is 21.1 Å². The number of piperidine rings is 1. The fourth-order valence-electron chi connectivity index (χ4n) is 7.88. The number of nitrogens with one attached hydrogen (secondary N) is 1. The van der Waals surface area contributed by atoms with Crippen molar-refractivity contribution in [1.82, 2.24) is 38.9 Å². The van der Waals surface area contributed by atoms with Gasteiger partial charge in [0.15, 0.2) is 17.3 Å². The molecule has 2 amide bonds. The van der Waals surface area contributed by atoms with E-state index >= 15 is 4.39 Å². The van der Waals surface area contributed by atoms with Crippen LogP contribution in [0.3, 0.4) is 0 Å². The second-order valence-corrected chi connectivity index (χ2v) is 15.0. The van der Waals surface area contributed by atoms with Gasteiger partial charge in [-0.2, -0.15) is 22.7 Å². The van der Waals surface area contributed by atoms with E-state index in [0.717, 1.165) is 16.6 Å². The van der Waals surface area contributed by atoms with Crippen molar-refractivity contribution in [2.75, 3.05) is 38.6 Å². The topological polar surface area (TPSA) is 169 Å². The third-order valence-corrected chi connectivity index (χ3v) is 11.2. The molecule has 1 spiro atoms. The summed E-state index contributed by atoms with van der Waals surface area (Å²) in [5.74, 6) is -2.48. The molecule has 0 saturated carbocycles. The molecule has 0 bridgehead atoms. The molecular weight excluding hydrogens is 790 g/mol. The minimum Gasteiger partial charge on any atom is -0.504 e. The van der Waals surface area contributed by atoms with Gasteiger partial charge >= 0.3 is 6.18 Å². The van der Waals surface area contributed by atoms with Crippen molar-refractivity contribution >= 4 is 34.9 Å². The molecule has 2 N–H and O–H groups in total. The molecule has 1 atom stereocenters. The predicted molar refractivity (Wildman–Crippen MR) is 199 cm³/mol. The van der Waals surface area contributed by atoms with E-state index in [-0.39, 0.29) is 88.3 Å². The molecule has 1 unspecified atom stereocenters. The molecule has 2 fully saturated rings. The molecular formula is C38H36ClF4N9O6. The SMILES string of the molecule is COC1CN(Cc2ccc(-c3nc4n(CC(=O)Nc5ccc(C(F)(F)F)cc5Cl)c5c(c(=O)n4n3)C3(CCN(C(=O)c4ncnc(C)c4O)CC3)OC5C)c(F)c2)C1. The number of likely N-dealkylation sites (tertiary alicyclic amines) is 2. The summed E-state index contributed by atoms with van der Waals surface area (Å²) in [5.41, 5.74) is -1.73. The minimum atomic E-state index is -4.66. The molecule has 3 aliphatic heterocycles. The number of aromatic nitrogens is 6. The first-order valence-corrected chi connectivity index (χ1v) is 18.7. The van der Waals surface area contributed by atoms with Crippen molar-refractivity contribution in [3.63, 3.8) is 0 Å². The molecule has 5 aromatic rings. The average molecular weight is 826 g/mol. The van der Waals surface area contributed by atoms with Crippen molar-refractivity contribution in [2.24, 2.45) is 0 Å². The number of hydrogen-bond acceptors (Lipinski definition) is 11. The number of fused-ring (bicyclic) bond motifs is 3. The summed E-state index contributed by atoms with van der Waals surface area (Å²) in [5, 5.41) is 17.1. The number of nitrogens with zero attached hydrogens (tertiary/aromatic N) is 8. The Morgan fingerprint density at radius 3 is 2.53 bits per heavy atom. The van der Waals surface area contributed by atoms with Crippen LogP contribution in [0.1, 0.15) is 64.4 Å². The van der Waals surface area contributed by atoms with Crippen LogP contribution in [0.2, 0.25) is 5.02 Å². The van der Waals surface area contributed by atoms with Crippen LogP contribution in [0, 0.1) is 12.7 Å².